The number of aromatic nitrogens is 4. The monoisotopic (exact) mass is 561 g/mol. The van der Waals surface area contributed by atoms with Crippen molar-refractivity contribution >= 4 is 41.0 Å². The number of fused-ring (bicyclic) bond motifs is 2. The number of likely N-dealkylation sites (tertiary alicyclic amines) is 1. The van der Waals surface area contributed by atoms with Crippen LogP contribution in [0.2, 0.25) is 0 Å². The first-order chi connectivity index (χ1) is 19.9. The van der Waals surface area contributed by atoms with Gasteiger partial charge in [0.05, 0.1) is 18.3 Å². The molecule has 214 valence electrons. The van der Waals surface area contributed by atoms with Gasteiger partial charge in [-0.2, -0.15) is 0 Å². The molecule has 6 rings (SSSR count). The standard InChI is InChI=1S/C28H31N7O6/c1-2-29-28(39)33-24-21-25(31-14-30-24)35(15-32-21)19-13-17(26(36)34-12-6-9-18(34)27(37)38)22-23(19)41-20(40-22)11-10-16-7-4-3-5-8-16/h3-5,7-8,10-11,14-15,17-20,22-23H,2,6,9,12-13H2,1H3,(H,37,38)(H2,29,30,31,33,39)/t17?,18-,19?,20-,22?,23?/m0/s1. The Morgan fingerprint density at radius 3 is 2.71 bits per heavy atom. The number of urea groups is 1. The lowest BCUT2D eigenvalue weighted by Crippen LogP contribution is -2.46. The van der Waals surface area contributed by atoms with Crippen LogP contribution in [0, 0.1) is 5.92 Å². The van der Waals surface area contributed by atoms with Gasteiger partial charge in [-0.15, -0.1) is 0 Å². The highest BCUT2D eigenvalue weighted by molar-refractivity contribution is 5.95. The molecule has 2 aromatic heterocycles. The molecule has 3 fully saturated rings. The molecule has 1 saturated carbocycles. The summed E-state index contributed by atoms with van der Waals surface area (Å²) >= 11 is 0. The minimum atomic E-state index is -1.00. The van der Waals surface area contributed by atoms with Gasteiger partial charge < -0.3 is 29.4 Å². The lowest BCUT2D eigenvalue weighted by atomic mass is 10.0. The molecule has 2 aliphatic heterocycles. The summed E-state index contributed by atoms with van der Waals surface area (Å²) in [5, 5.41) is 15.1. The van der Waals surface area contributed by atoms with Gasteiger partial charge in [0.2, 0.25) is 5.91 Å². The van der Waals surface area contributed by atoms with Gasteiger partial charge in [-0.1, -0.05) is 36.4 Å². The predicted molar refractivity (Wildman–Crippen MR) is 147 cm³/mol. The third kappa shape index (κ3) is 5.13. The van der Waals surface area contributed by atoms with Crippen LogP contribution in [0.4, 0.5) is 10.6 Å². The van der Waals surface area contributed by atoms with E-state index in [1.54, 1.807) is 6.33 Å². The molecule has 3 amide bonds. The number of anilines is 1. The fraction of sp³-hybridized carbons (Fsp3) is 0.429. The van der Waals surface area contributed by atoms with E-state index >= 15 is 0 Å². The maximum absolute atomic E-state index is 13.8. The first kappa shape index (κ1) is 26.8. The summed E-state index contributed by atoms with van der Waals surface area (Å²) in [7, 11) is 0. The van der Waals surface area contributed by atoms with Crippen LogP contribution in [0.15, 0.2) is 49.1 Å². The summed E-state index contributed by atoms with van der Waals surface area (Å²) in [6, 6.07) is 8.09. The van der Waals surface area contributed by atoms with Crippen molar-refractivity contribution in [3.05, 3.63) is 54.6 Å². The number of carboxylic acid groups (broad SMARTS) is 1. The van der Waals surface area contributed by atoms with E-state index in [1.165, 1.54) is 11.2 Å². The zero-order valence-electron chi connectivity index (χ0n) is 22.4. The molecular formula is C28H31N7O6. The van der Waals surface area contributed by atoms with E-state index in [2.05, 4.69) is 25.6 Å². The van der Waals surface area contributed by atoms with Crippen molar-refractivity contribution in [2.24, 2.45) is 5.92 Å². The Balaban J connectivity index is 1.31. The number of carbonyl (C=O) groups excluding carboxylic acids is 2. The van der Waals surface area contributed by atoms with E-state index in [9.17, 15) is 19.5 Å². The van der Waals surface area contributed by atoms with Gasteiger partial charge in [-0.25, -0.2) is 24.5 Å². The normalized spacial score (nSPS) is 27.4. The van der Waals surface area contributed by atoms with Gasteiger partial charge in [-0.05, 0) is 37.8 Å². The fourth-order valence-corrected chi connectivity index (χ4v) is 6.01. The van der Waals surface area contributed by atoms with E-state index in [4.69, 9.17) is 9.47 Å². The second-order valence-electron chi connectivity index (χ2n) is 10.3. The molecule has 0 bridgehead atoms. The van der Waals surface area contributed by atoms with Crippen LogP contribution in [0.3, 0.4) is 0 Å². The zero-order chi connectivity index (χ0) is 28.5. The Morgan fingerprint density at radius 1 is 1.12 bits per heavy atom. The van der Waals surface area contributed by atoms with Crippen molar-refractivity contribution in [2.75, 3.05) is 18.4 Å². The number of hydrogen-bond donors (Lipinski definition) is 3. The first-order valence-corrected chi connectivity index (χ1v) is 13.7. The Morgan fingerprint density at radius 2 is 1.93 bits per heavy atom. The summed E-state index contributed by atoms with van der Waals surface area (Å²) < 4.78 is 14.5. The van der Waals surface area contributed by atoms with Crippen LogP contribution < -0.4 is 10.6 Å². The largest absolute Gasteiger partial charge is 0.480 e. The third-order valence-corrected chi connectivity index (χ3v) is 7.85. The number of hydrogen-bond acceptors (Lipinski definition) is 8. The quantitative estimate of drug-likeness (QED) is 0.393. The van der Waals surface area contributed by atoms with Crippen LogP contribution in [0.1, 0.15) is 37.8 Å². The number of amides is 3. The van der Waals surface area contributed by atoms with Crippen LogP contribution >= 0.6 is 0 Å². The number of nitrogens with zero attached hydrogens (tertiary/aromatic N) is 5. The predicted octanol–water partition coefficient (Wildman–Crippen LogP) is 2.43. The summed E-state index contributed by atoms with van der Waals surface area (Å²) in [6.45, 7) is 2.65. The number of carbonyl (C=O) groups is 3. The number of rotatable bonds is 7. The summed E-state index contributed by atoms with van der Waals surface area (Å²) in [6.07, 6.45) is 6.25. The van der Waals surface area contributed by atoms with Gasteiger partial charge in [0, 0.05) is 13.1 Å². The fourth-order valence-electron chi connectivity index (χ4n) is 6.01. The van der Waals surface area contributed by atoms with Gasteiger partial charge in [0.1, 0.15) is 24.6 Å². The minimum Gasteiger partial charge on any atom is -0.480 e. The first-order valence-electron chi connectivity index (χ1n) is 13.7. The number of nitrogens with one attached hydrogen (secondary N) is 2. The molecule has 3 aliphatic rings. The lowest BCUT2D eigenvalue weighted by Gasteiger charge is -2.27. The number of ether oxygens (including phenoxy) is 2. The molecule has 3 N–H and O–H groups in total. The lowest BCUT2D eigenvalue weighted by molar-refractivity contribution is -0.152. The highest BCUT2D eigenvalue weighted by Gasteiger charge is 2.56. The van der Waals surface area contributed by atoms with E-state index in [0.29, 0.717) is 43.5 Å². The number of imidazole rings is 1. The average Bonchev–Trinajstić information content (AvgIpc) is 3.76. The molecule has 13 heteroatoms. The molecule has 4 heterocycles. The molecule has 6 atom stereocenters. The van der Waals surface area contributed by atoms with Crippen molar-refractivity contribution < 1.29 is 29.0 Å². The van der Waals surface area contributed by atoms with Crippen molar-refractivity contribution in [1.29, 1.82) is 0 Å². The van der Waals surface area contributed by atoms with Crippen molar-refractivity contribution in [2.45, 2.75) is 56.8 Å². The molecule has 3 aromatic rings. The second-order valence-corrected chi connectivity index (χ2v) is 10.3. The molecule has 4 unspecified atom stereocenters. The molecule has 1 aromatic carbocycles. The van der Waals surface area contributed by atoms with Crippen LogP contribution in [-0.4, -0.2) is 85.1 Å². The van der Waals surface area contributed by atoms with Gasteiger partial charge in [0.15, 0.2) is 23.3 Å². The van der Waals surface area contributed by atoms with E-state index in [0.717, 1.165) is 5.56 Å². The molecule has 0 radical (unpaired) electrons. The van der Waals surface area contributed by atoms with Crippen LogP contribution in [0.25, 0.3) is 17.2 Å². The summed E-state index contributed by atoms with van der Waals surface area (Å²) in [5.41, 5.74) is 1.85. The molecule has 0 spiro atoms. The van der Waals surface area contributed by atoms with Crippen molar-refractivity contribution in [3.8, 4) is 0 Å². The average molecular weight is 562 g/mol. The topological polar surface area (TPSA) is 161 Å². The Hall–Kier alpha value is -4.36. The highest BCUT2D eigenvalue weighted by Crippen LogP contribution is 2.46. The molecule has 1 aliphatic carbocycles. The van der Waals surface area contributed by atoms with Crippen molar-refractivity contribution in [3.63, 3.8) is 0 Å². The van der Waals surface area contributed by atoms with Crippen LogP contribution in [0.5, 0.6) is 0 Å². The Kier molecular flexibility index (Phi) is 7.37. The number of carboxylic acids is 1. The second kappa shape index (κ2) is 11.3. The SMILES string of the molecule is CCNC(=O)Nc1ncnc2c1ncn2C1CC(C(=O)N2CCC[C@H]2C(=O)O)C2O[C@H](C=Cc3ccccc3)OC21. The van der Waals surface area contributed by atoms with Crippen LogP contribution in [-0.2, 0) is 19.1 Å². The minimum absolute atomic E-state index is 0.249. The Labute approximate surface area is 235 Å². The maximum Gasteiger partial charge on any atom is 0.326 e. The van der Waals surface area contributed by atoms with Gasteiger partial charge in [-0.3, -0.25) is 10.1 Å². The third-order valence-electron chi connectivity index (χ3n) is 7.85. The van der Waals surface area contributed by atoms with Gasteiger partial charge in [0.25, 0.3) is 0 Å². The van der Waals surface area contributed by atoms with E-state index in [1.807, 2.05) is 54.0 Å². The van der Waals surface area contributed by atoms with E-state index < -0.39 is 42.5 Å². The maximum atomic E-state index is 13.8. The number of benzene rings is 1. The smallest absolute Gasteiger partial charge is 0.326 e. The Bertz CT molecular complexity index is 1480. The molecule has 41 heavy (non-hydrogen) atoms. The highest BCUT2D eigenvalue weighted by atomic mass is 16.7. The zero-order valence-corrected chi connectivity index (χ0v) is 22.4. The van der Waals surface area contributed by atoms with E-state index in [-0.39, 0.29) is 17.8 Å². The summed E-state index contributed by atoms with van der Waals surface area (Å²) in [4.78, 5) is 52.4. The summed E-state index contributed by atoms with van der Waals surface area (Å²) in [5.74, 6) is -1.61. The van der Waals surface area contributed by atoms with Crippen molar-refractivity contribution in [1.82, 2.24) is 29.7 Å². The molecule has 2 saturated heterocycles. The molecule has 13 nitrogen and oxygen atoms in total. The van der Waals surface area contributed by atoms with Gasteiger partial charge >= 0.3 is 12.0 Å². The molecular weight excluding hydrogens is 530 g/mol. The number of aliphatic carboxylic acids is 1.